The van der Waals surface area contributed by atoms with E-state index in [1.165, 1.54) is 4.90 Å². The zero-order valence-electron chi connectivity index (χ0n) is 18.2. The van der Waals surface area contributed by atoms with E-state index < -0.39 is 18.3 Å². The standard InChI is InChI=1S/C19H34F3N5O2.HI/c1-18(2,3)29-17(28)27-9-6-5-7-15(27)11-24-16(23-4)25-14-8-10-26(12-14)13-19(20,21)22;/h14-15H,5-13H2,1-4H3,(H2,23,24,25);1H. The van der Waals surface area contributed by atoms with Crippen molar-refractivity contribution in [3.63, 3.8) is 0 Å². The quantitative estimate of drug-likeness (QED) is 0.321. The number of nitrogens with zero attached hydrogens (tertiary/aromatic N) is 3. The van der Waals surface area contributed by atoms with Crippen LogP contribution in [0.5, 0.6) is 0 Å². The molecule has 2 aliphatic heterocycles. The topological polar surface area (TPSA) is 69.2 Å². The van der Waals surface area contributed by atoms with Gasteiger partial charge in [-0.15, -0.1) is 24.0 Å². The minimum Gasteiger partial charge on any atom is -0.444 e. The molecule has 0 bridgehead atoms. The fraction of sp³-hybridized carbons (Fsp3) is 0.895. The first-order valence-corrected chi connectivity index (χ1v) is 10.2. The van der Waals surface area contributed by atoms with E-state index in [0.717, 1.165) is 19.3 Å². The molecule has 0 saturated carbocycles. The second kappa shape index (κ2) is 11.6. The molecule has 0 aromatic rings. The molecule has 2 atom stereocenters. The third-order valence-corrected chi connectivity index (χ3v) is 5.00. The normalized spacial score (nSPS) is 23.7. The average Bonchev–Trinajstić information content (AvgIpc) is 3.02. The van der Waals surface area contributed by atoms with Crippen LogP contribution < -0.4 is 10.6 Å². The molecule has 0 aromatic carbocycles. The number of piperidine rings is 1. The molecular formula is C19H35F3IN5O2. The Balaban J connectivity index is 0.00000450. The molecule has 2 aliphatic rings. The maximum Gasteiger partial charge on any atom is 0.410 e. The van der Waals surface area contributed by atoms with E-state index in [-0.39, 0.29) is 42.2 Å². The van der Waals surface area contributed by atoms with Crippen LogP contribution in [0.25, 0.3) is 0 Å². The summed E-state index contributed by atoms with van der Waals surface area (Å²) in [4.78, 5) is 19.8. The van der Waals surface area contributed by atoms with Crippen LogP contribution in [0, 0.1) is 0 Å². The number of carbonyl (C=O) groups is 1. The number of carbonyl (C=O) groups excluding carboxylic acids is 1. The van der Waals surface area contributed by atoms with E-state index in [2.05, 4.69) is 15.6 Å². The van der Waals surface area contributed by atoms with Crippen LogP contribution in [0.2, 0.25) is 0 Å². The molecule has 0 spiro atoms. The molecule has 11 heteroatoms. The number of aliphatic imine (C=N–C) groups is 1. The van der Waals surface area contributed by atoms with E-state index in [4.69, 9.17) is 4.74 Å². The van der Waals surface area contributed by atoms with E-state index >= 15 is 0 Å². The lowest BCUT2D eigenvalue weighted by Gasteiger charge is -2.37. The molecule has 2 saturated heterocycles. The number of rotatable bonds is 4. The average molecular weight is 549 g/mol. The molecule has 2 N–H and O–H groups in total. The number of nitrogens with one attached hydrogen (secondary N) is 2. The van der Waals surface area contributed by atoms with Gasteiger partial charge < -0.3 is 20.3 Å². The Hall–Kier alpha value is -0.980. The Morgan fingerprint density at radius 2 is 1.87 bits per heavy atom. The van der Waals surface area contributed by atoms with E-state index in [1.807, 2.05) is 20.8 Å². The predicted octanol–water partition coefficient (Wildman–Crippen LogP) is 3.20. The summed E-state index contributed by atoms with van der Waals surface area (Å²) in [5, 5.41) is 6.42. The predicted molar refractivity (Wildman–Crippen MR) is 121 cm³/mol. The highest BCUT2D eigenvalue weighted by Crippen LogP contribution is 2.21. The zero-order chi connectivity index (χ0) is 21.7. The van der Waals surface area contributed by atoms with Crippen molar-refractivity contribution in [2.45, 2.75) is 70.3 Å². The highest BCUT2D eigenvalue weighted by molar-refractivity contribution is 14.0. The minimum absolute atomic E-state index is 0. The van der Waals surface area contributed by atoms with Crippen molar-refractivity contribution < 1.29 is 22.7 Å². The second-order valence-corrected chi connectivity index (χ2v) is 8.76. The van der Waals surface area contributed by atoms with Gasteiger partial charge in [0.15, 0.2) is 5.96 Å². The Labute approximate surface area is 194 Å². The van der Waals surface area contributed by atoms with Gasteiger partial charge in [0.1, 0.15) is 5.60 Å². The third-order valence-electron chi connectivity index (χ3n) is 5.00. The summed E-state index contributed by atoms with van der Waals surface area (Å²) in [5.41, 5.74) is -0.547. The van der Waals surface area contributed by atoms with Gasteiger partial charge in [0.25, 0.3) is 0 Å². The number of guanidine groups is 1. The third kappa shape index (κ3) is 9.44. The van der Waals surface area contributed by atoms with Crippen LogP contribution in [-0.4, -0.2) is 85.5 Å². The van der Waals surface area contributed by atoms with Gasteiger partial charge in [-0.1, -0.05) is 0 Å². The fourth-order valence-corrected chi connectivity index (χ4v) is 3.72. The fourth-order valence-electron chi connectivity index (χ4n) is 3.72. The van der Waals surface area contributed by atoms with Gasteiger partial charge in [0, 0.05) is 39.3 Å². The van der Waals surface area contributed by atoms with E-state index in [9.17, 15) is 18.0 Å². The Kier molecular flexibility index (Phi) is 10.4. The Morgan fingerprint density at radius 3 is 2.47 bits per heavy atom. The van der Waals surface area contributed by atoms with E-state index in [0.29, 0.717) is 38.6 Å². The first-order valence-electron chi connectivity index (χ1n) is 10.2. The van der Waals surface area contributed by atoms with Gasteiger partial charge in [-0.25, -0.2) is 4.79 Å². The first-order chi connectivity index (χ1) is 13.5. The number of amides is 1. The maximum atomic E-state index is 12.6. The molecule has 2 rings (SSSR count). The van der Waals surface area contributed by atoms with Crippen LogP contribution in [0.1, 0.15) is 46.5 Å². The van der Waals surface area contributed by atoms with Gasteiger partial charge in [0.05, 0.1) is 12.6 Å². The number of alkyl halides is 3. The van der Waals surface area contributed by atoms with Crippen molar-refractivity contribution in [1.29, 1.82) is 0 Å². The Bertz CT molecular complexity index is 583. The van der Waals surface area contributed by atoms with Gasteiger partial charge in [-0.05, 0) is 46.5 Å². The maximum absolute atomic E-state index is 12.6. The van der Waals surface area contributed by atoms with Gasteiger partial charge in [-0.2, -0.15) is 13.2 Å². The summed E-state index contributed by atoms with van der Waals surface area (Å²) in [6.45, 7) is 6.55. The molecule has 0 aromatic heterocycles. The van der Waals surface area contributed by atoms with Crippen molar-refractivity contribution >= 4 is 36.0 Å². The van der Waals surface area contributed by atoms with Gasteiger partial charge in [0.2, 0.25) is 0 Å². The number of halogens is 4. The zero-order valence-corrected chi connectivity index (χ0v) is 20.5. The summed E-state index contributed by atoms with van der Waals surface area (Å²) in [6.07, 6.45) is -1.02. The number of hydrogen-bond donors (Lipinski definition) is 2. The van der Waals surface area contributed by atoms with Crippen molar-refractivity contribution in [1.82, 2.24) is 20.4 Å². The lowest BCUT2D eigenvalue weighted by atomic mass is 10.0. The van der Waals surface area contributed by atoms with E-state index in [1.54, 1.807) is 11.9 Å². The van der Waals surface area contributed by atoms with Crippen molar-refractivity contribution in [2.75, 3.05) is 39.8 Å². The highest BCUT2D eigenvalue weighted by Gasteiger charge is 2.35. The lowest BCUT2D eigenvalue weighted by molar-refractivity contribution is -0.143. The van der Waals surface area contributed by atoms with Crippen LogP contribution in [-0.2, 0) is 4.74 Å². The van der Waals surface area contributed by atoms with Crippen molar-refractivity contribution in [3.05, 3.63) is 0 Å². The van der Waals surface area contributed by atoms with Crippen LogP contribution in [0.15, 0.2) is 4.99 Å². The van der Waals surface area contributed by atoms with Crippen LogP contribution in [0.4, 0.5) is 18.0 Å². The molecular weight excluding hydrogens is 514 g/mol. The monoisotopic (exact) mass is 549 g/mol. The summed E-state index contributed by atoms with van der Waals surface area (Å²) < 4.78 is 43.2. The summed E-state index contributed by atoms with van der Waals surface area (Å²) in [7, 11) is 1.63. The summed E-state index contributed by atoms with van der Waals surface area (Å²) in [5.74, 6) is 0.540. The van der Waals surface area contributed by atoms with Crippen molar-refractivity contribution in [3.8, 4) is 0 Å². The van der Waals surface area contributed by atoms with Crippen molar-refractivity contribution in [2.24, 2.45) is 4.99 Å². The Morgan fingerprint density at radius 1 is 1.17 bits per heavy atom. The van der Waals surface area contributed by atoms with Gasteiger partial charge >= 0.3 is 12.3 Å². The highest BCUT2D eigenvalue weighted by atomic mass is 127. The minimum atomic E-state index is -4.18. The van der Waals surface area contributed by atoms with Gasteiger partial charge in [-0.3, -0.25) is 9.89 Å². The molecule has 7 nitrogen and oxygen atoms in total. The second-order valence-electron chi connectivity index (χ2n) is 8.76. The first kappa shape index (κ1) is 27.1. The molecule has 30 heavy (non-hydrogen) atoms. The molecule has 2 heterocycles. The SMILES string of the molecule is CN=C(NCC1CCCCN1C(=O)OC(C)(C)C)NC1CCN(CC(F)(F)F)C1.I. The molecule has 2 fully saturated rings. The lowest BCUT2D eigenvalue weighted by Crippen LogP contribution is -2.53. The summed E-state index contributed by atoms with van der Waals surface area (Å²) >= 11 is 0. The molecule has 2 unspecified atom stereocenters. The summed E-state index contributed by atoms with van der Waals surface area (Å²) in [6, 6.07) is -0.0979. The molecule has 0 aliphatic carbocycles. The smallest absolute Gasteiger partial charge is 0.410 e. The largest absolute Gasteiger partial charge is 0.444 e. The molecule has 1 amide bonds. The molecule has 0 radical (unpaired) electrons. The number of likely N-dealkylation sites (tertiary alicyclic amines) is 2. The van der Waals surface area contributed by atoms with Crippen LogP contribution >= 0.6 is 24.0 Å². The molecule has 176 valence electrons. The van der Waals surface area contributed by atoms with Crippen LogP contribution in [0.3, 0.4) is 0 Å². The number of ether oxygens (including phenoxy) is 1. The number of hydrogen-bond acceptors (Lipinski definition) is 4.